The molecular weight excluding hydrogens is 206 g/mol. The lowest BCUT2D eigenvalue weighted by molar-refractivity contribution is 0.256. The second kappa shape index (κ2) is 4.60. The lowest BCUT2D eigenvalue weighted by Crippen LogP contribution is -2.31. The number of rotatable bonds is 3. The lowest BCUT2D eigenvalue weighted by atomic mass is 10.3. The molecule has 1 fully saturated rings. The molecule has 0 bridgehead atoms. The number of nitrogens with one attached hydrogen (secondary N) is 1. The number of nitrogens with zero attached hydrogens (tertiary/aromatic N) is 2. The maximum atomic E-state index is 4.47. The first kappa shape index (κ1) is 11.0. The fourth-order valence-corrected chi connectivity index (χ4v) is 2.96. The van der Waals surface area contributed by atoms with E-state index in [0.29, 0.717) is 12.1 Å². The maximum Gasteiger partial charge on any atom is 0.110 e. The number of hydrogen-bond acceptors (Lipinski definition) is 4. The van der Waals surface area contributed by atoms with Crippen molar-refractivity contribution >= 4 is 11.3 Å². The third-order valence-corrected chi connectivity index (χ3v) is 4.26. The highest BCUT2D eigenvalue weighted by atomic mass is 32.1. The molecule has 0 aromatic carbocycles. The van der Waals surface area contributed by atoms with Gasteiger partial charge in [0.15, 0.2) is 0 Å². The zero-order chi connectivity index (χ0) is 10.8. The van der Waals surface area contributed by atoms with Gasteiger partial charge in [-0.1, -0.05) is 0 Å². The number of likely N-dealkylation sites (tertiary alicyclic amines) is 1. The molecule has 15 heavy (non-hydrogen) atoms. The van der Waals surface area contributed by atoms with Gasteiger partial charge < -0.3 is 5.32 Å². The van der Waals surface area contributed by atoms with E-state index in [9.17, 15) is 0 Å². The predicted molar refractivity (Wildman–Crippen MR) is 64.3 cm³/mol. The van der Waals surface area contributed by atoms with Crippen molar-refractivity contribution in [2.45, 2.75) is 32.4 Å². The topological polar surface area (TPSA) is 28.2 Å². The lowest BCUT2D eigenvalue weighted by Gasteiger charge is -2.22. The molecule has 4 heteroatoms. The van der Waals surface area contributed by atoms with Crippen molar-refractivity contribution in [2.75, 3.05) is 20.1 Å². The number of aromatic nitrogens is 1. The molecule has 1 saturated heterocycles. The van der Waals surface area contributed by atoms with Gasteiger partial charge in [-0.25, -0.2) is 4.98 Å². The Morgan fingerprint density at radius 2 is 2.47 bits per heavy atom. The minimum Gasteiger partial charge on any atom is -0.316 e. The second-order valence-corrected chi connectivity index (χ2v) is 5.52. The van der Waals surface area contributed by atoms with Gasteiger partial charge in [-0.3, -0.25) is 4.90 Å². The van der Waals surface area contributed by atoms with Crippen molar-refractivity contribution < 1.29 is 0 Å². The summed E-state index contributed by atoms with van der Waals surface area (Å²) in [7, 11) is 2.05. The summed E-state index contributed by atoms with van der Waals surface area (Å²) in [6.07, 6.45) is 3.23. The molecule has 0 amide bonds. The third kappa shape index (κ3) is 2.38. The highest BCUT2D eigenvalue weighted by Crippen LogP contribution is 2.27. The van der Waals surface area contributed by atoms with Crippen LogP contribution in [0.25, 0.3) is 0 Å². The van der Waals surface area contributed by atoms with Crippen LogP contribution in [-0.4, -0.2) is 36.1 Å². The fourth-order valence-electron chi connectivity index (χ4n) is 2.10. The van der Waals surface area contributed by atoms with Gasteiger partial charge in [0.05, 0.1) is 6.04 Å². The van der Waals surface area contributed by atoms with E-state index >= 15 is 0 Å². The maximum absolute atomic E-state index is 4.47. The minimum absolute atomic E-state index is 0.474. The SMILES string of the molecule is CNC1CCN(C(C)c2ncc(C)s2)C1. The first-order valence-electron chi connectivity index (χ1n) is 5.54. The average Bonchev–Trinajstić information content (AvgIpc) is 2.84. The molecule has 1 aromatic heterocycles. The van der Waals surface area contributed by atoms with E-state index in [4.69, 9.17) is 0 Å². The average molecular weight is 225 g/mol. The van der Waals surface area contributed by atoms with E-state index in [-0.39, 0.29) is 0 Å². The van der Waals surface area contributed by atoms with Gasteiger partial charge in [-0.05, 0) is 27.3 Å². The van der Waals surface area contributed by atoms with Crippen LogP contribution in [0.15, 0.2) is 6.20 Å². The van der Waals surface area contributed by atoms with Crippen molar-refractivity contribution in [1.29, 1.82) is 0 Å². The smallest absolute Gasteiger partial charge is 0.110 e. The molecule has 0 aliphatic carbocycles. The standard InChI is InChI=1S/C11H19N3S/c1-8-6-13-11(15-8)9(2)14-5-4-10(7-14)12-3/h6,9-10,12H,4-5,7H2,1-3H3. The van der Waals surface area contributed by atoms with Crippen LogP contribution in [-0.2, 0) is 0 Å². The normalized spacial score (nSPS) is 24.6. The van der Waals surface area contributed by atoms with Gasteiger partial charge in [0.25, 0.3) is 0 Å². The molecule has 1 aromatic rings. The van der Waals surface area contributed by atoms with Crippen LogP contribution >= 0.6 is 11.3 Å². The Balaban J connectivity index is 2.00. The Hall–Kier alpha value is -0.450. The van der Waals surface area contributed by atoms with Crippen LogP contribution in [0.4, 0.5) is 0 Å². The van der Waals surface area contributed by atoms with Crippen LogP contribution < -0.4 is 5.32 Å². The van der Waals surface area contributed by atoms with Crippen LogP contribution in [0.2, 0.25) is 0 Å². The molecule has 1 aliphatic rings. The van der Waals surface area contributed by atoms with Gasteiger partial charge in [0.1, 0.15) is 5.01 Å². The van der Waals surface area contributed by atoms with Crippen molar-refractivity contribution in [2.24, 2.45) is 0 Å². The molecule has 0 spiro atoms. The van der Waals surface area contributed by atoms with Crippen LogP contribution in [0.5, 0.6) is 0 Å². The second-order valence-electron chi connectivity index (χ2n) is 4.25. The van der Waals surface area contributed by atoms with Crippen molar-refractivity contribution in [3.8, 4) is 0 Å². The Morgan fingerprint density at radius 1 is 1.67 bits per heavy atom. The highest BCUT2D eigenvalue weighted by molar-refractivity contribution is 7.11. The molecule has 2 atom stereocenters. The van der Waals surface area contributed by atoms with Gasteiger partial charge >= 0.3 is 0 Å². The van der Waals surface area contributed by atoms with Crippen molar-refractivity contribution in [1.82, 2.24) is 15.2 Å². The number of hydrogen-bond donors (Lipinski definition) is 1. The predicted octanol–water partition coefficient (Wildman–Crippen LogP) is 1.81. The molecule has 0 radical (unpaired) electrons. The van der Waals surface area contributed by atoms with E-state index in [0.717, 1.165) is 6.54 Å². The van der Waals surface area contributed by atoms with Crippen LogP contribution in [0.3, 0.4) is 0 Å². The Bertz CT molecular complexity index is 323. The summed E-state index contributed by atoms with van der Waals surface area (Å²) in [5.41, 5.74) is 0. The monoisotopic (exact) mass is 225 g/mol. The van der Waals surface area contributed by atoms with Crippen molar-refractivity contribution in [3.05, 3.63) is 16.1 Å². The molecule has 2 unspecified atom stereocenters. The Morgan fingerprint density at radius 3 is 3.00 bits per heavy atom. The largest absolute Gasteiger partial charge is 0.316 e. The van der Waals surface area contributed by atoms with Gasteiger partial charge in [0.2, 0.25) is 0 Å². The van der Waals surface area contributed by atoms with Crippen LogP contribution in [0, 0.1) is 6.92 Å². The molecule has 2 rings (SSSR count). The van der Waals surface area contributed by atoms with E-state index in [1.165, 1.54) is 22.9 Å². The first-order chi connectivity index (χ1) is 7.20. The number of thiazole rings is 1. The first-order valence-corrected chi connectivity index (χ1v) is 6.36. The van der Waals surface area contributed by atoms with Gasteiger partial charge in [-0.15, -0.1) is 11.3 Å². The van der Waals surface area contributed by atoms with E-state index in [2.05, 4.69) is 29.0 Å². The molecule has 3 nitrogen and oxygen atoms in total. The third-order valence-electron chi connectivity index (χ3n) is 3.17. The van der Waals surface area contributed by atoms with E-state index in [1.807, 2.05) is 24.6 Å². The molecular formula is C11H19N3S. The molecule has 0 saturated carbocycles. The number of aryl methyl sites for hydroxylation is 1. The summed E-state index contributed by atoms with van der Waals surface area (Å²) in [5, 5.41) is 4.60. The fraction of sp³-hybridized carbons (Fsp3) is 0.727. The van der Waals surface area contributed by atoms with E-state index in [1.54, 1.807) is 0 Å². The molecule has 84 valence electrons. The molecule has 2 heterocycles. The highest BCUT2D eigenvalue weighted by Gasteiger charge is 2.26. The number of likely N-dealkylation sites (N-methyl/N-ethyl adjacent to an activating group) is 1. The summed E-state index contributed by atoms with van der Waals surface area (Å²) in [4.78, 5) is 8.29. The van der Waals surface area contributed by atoms with Gasteiger partial charge in [0, 0.05) is 30.2 Å². The summed E-state index contributed by atoms with van der Waals surface area (Å²) in [5.74, 6) is 0. The Labute approximate surface area is 95.5 Å². The molecule has 1 aliphatic heterocycles. The summed E-state index contributed by atoms with van der Waals surface area (Å²) in [6.45, 7) is 6.71. The van der Waals surface area contributed by atoms with Gasteiger partial charge in [-0.2, -0.15) is 0 Å². The summed E-state index contributed by atoms with van der Waals surface area (Å²) < 4.78 is 0. The summed E-state index contributed by atoms with van der Waals surface area (Å²) in [6, 6.07) is 1.13. The zero-order valence-electron chi connectivity index (χ0n) is 9.66. The van der Waals surface area contributed by atoms with Crippen LogP contribution in [0.1, 0.15) is 29.3 Å². The minimum atomic E-state index is 0.474. The zero-order valence-corrected chi connectivity index (χ0v) is 10.5. The molecule has 1 N–H and O–H groups in total. The Kier molecular flexibility index (Phi) is 3.38. The quantitative estimate of drug-likeness (QED) is 0.850. The van der Waals surface area contributed by atoms with Crippen molar-refractivity contribution in [3.63, 3.8) is 0 Å². The summed E-state index contributed by atoms with van der Waals surface area (Å²) >= 11 is 1.82. The van der Waals surface area contributed by atoms with E-state index < -0.39 is 0 Å².